The molecule has 0 radical (unpaired) electrons. The van der Waals surface area contributed by atoms with E-state index in [1.807, 2.05) is 0 Å². The normalized spacial score (nSPS) is 34.0. The van der Waals surface area contributed by atoms with Crippen LogP contribution < -0.4 is 96.3 Å². The maximum atomic E-state index is 13.4. The van der Waals surface area contributed by atoms with Gasteiger partial charge in [-0.15, -0.1) is 0 Å². The van der Waals surface area contributed by atoms with Crippen LogP contribution in [0.1, 0.15) is 33.6 Å². The maximum Gasteiger partial charge on any atom is 1.00 e. The number of amides is 5. The van der Waals surface area contributed by atoms with E-state index in [1.165, 1.54) is 0 Å². The first-order valence-corrected chi connectivity index (χ1v) is 29.0. The Morgan fingerprint density at radius 3 is 1.39 bits per heavy atom. The molecule has 4 aliphatic rings. The molecule has 4 saturated heterocycles. The largest absolute Gasteiger partial charge is 1.00 e. The van der Waals surface area contributed by atoms with Crippen LogP contribution in [0, 0.1) is 0 Å². The minimum atomic E-state index is -5.32. The van der Waals surface area contributed by atoms with Gasteiger partial charge in [-0.2, -0.15) is 16.8 Å². The molecule has 0 spiro atoms. The Balaban J connectivity index is 0.0000138. The topological polar surface area (TPSA) is 674 Å². The number of ether oxygens (including phenoxy) is 8. The Bertz CT molecular complexity index is 2600. The SMILES string of the molecule is CC([O-])=N[C@@H](CC([O-])=NCCO[C@@H]1O[C@H](CO)[C@@H](O[C@@H]2O[C@H](CO)[C@H](O)[C@H](OS(=O)(=O)O)[C@H]2O)[C@H](O)[C@H]1O)C(=O)N[C@@H](C)C(=O)N[C@@H](CC(=O)NCCO[C@@H]1O[C@H](CO)[C@@H](O[C@@H]2O[C@H](CO)[C@H](O)[C@H](OS(=O)(=O)O)[C@H]2O)[C@H](O)[C@H]1O)C(=O)N[C@@H](C)C(N)=O.[Na+].[Na+]. The van der Waals surface area contributed by atoms with Crippen molar-refractivity contribution >= 4 is 62.1 Å². The third kappa shape index (κ3) is 24.5. The fourth-order valence-electron chi connectivity index (χ4n) is 8.74. The fraction of sp³-hybridized carbons (Fsp3) is 0.841. The van der Waals surface area contributed by atoms with Crippen LogP contribution in [0.2, 0.25) is 0 Å². The van der Waals surface area contributed by atoms with Crippen LogP contribution in [0.15, 0.2) is 9.98 Å². The number of aliphatic imine (C=N–C) groups is 2. The minimum Gasteiger partial charge on any atom is -0.862 e. The van der Waals surface area contributed by atoms with E-state index in [-0.39, 0.29) is 59.1 Å². The van der Waals surface area contributed by atoms with Gasteiger partial charge in [-0.1, -0.05) is 0 Å². The van der Waals surface area contributed by atoms with Crippen molar-refractivity contribution in [2.24, 2.45) is 15.7 Å². The number of nitrogens with zero attached hydrogens (tertiary/aromatic N) is 2. The zero-order valence-corrected chi connectivity index (χ0v) is 54.2. The van der Waals surface area contributed by atoms with Crippen molar-refractivity contribution in [3.8, 4) is 0 Å². The summed E-state index contributed by atoms with van der Waals surface area (Å²) < 4.78 is 115. The van der Waals surface area contributed by atoms with Crippen LogP contribution in [0.4, 0.5) is 0 Å². The molecule has 0 aromatic rings. The van der Waals surface area contributed by atoms with Gasteiger partial charge in [0.2, 0.25) is 29.5 Å². The monoisotopic (exact) mass is 1370 g/mol. The van der Waals surface area contributed by atoms with E-state index in [9.17, 15) is 112 Å². The van der Waals surface area contributed by atoms with Crippen LogP contribution in [0.25, 0.3) is 0 Å². The molecule has 4 rings (SSSR count). The van der Waals surface area contributed by atoms with Gasteiger partial charge in [-0.05, 0) is 32.6 Å². The number of carbonyl (C=O) groups excluding carboxylic acids is 5. The van der Waals surface area contributed by atoms with E-state index < -0.39 is 275 Å². The van der Waals surface area contributed by atoms with Crippen molar-refractivity contribution in [3.05, 3.63) is 0 Å². The number of nitrogens with two attached hydrogens (primary N) is 1. The smallest absolute Gasteiger partial charge is 0.862 e. The number of nitrogens with one attached hydrogen (secondary N) is 4. The number of rotatable bonds is 32. The molecule has 4 fully saturated rings. The van der Waals surface area contributed by atoms with E-state index in [2.05, 4.69) is 39.6 Å². The average Bonchev–Trinajstić information content (AvgIpc) is 1.48. The molecule has 0 aromatic carbocycles. The van der Waals surface area contributed by atoms with E-state index in [1.54, 1.807) is 0 Å². The molecular weight excluding hydrogens is 1300 g/mol. The third-order valence-electron chi connectivity index (χ3n) is 13.3. The first kappa shape index (κ1) is 83.3. The molecule has 46 heteroatoms. The molecule has 42 nitrogen and oxygen atoms in total. The van der Waals surface area contributed by atoms with Gasteiger partial charge in [0.15, 0.2) is 25.2 Å². The molecule has 5 amide bonds. The number of aliphatic hydroxyl groups is 12. The summed E-state index contributed by atoms with van der Waals surface area (Å²) in [6.45, 7) is -2.97. The molecule has 90 heavy (non-hydrogen) atoms. The molecule has 0 unspecified atom stereocenters. The summed E-state index contributed by atoms with van der Waals surface area (Å²) in [6.07, 6.45) is -40.9. The van der Waals surface area contributed by atoms with Crippen molar-refractivity contribution in [1.29, 1.82) is 0 Å². The van der Waals surface area contributed by atoms with Crippen molar-refractivity contribution < 1.29 is 227 Å². The van der Waals surface area contributed by atoms with Crippen LogP contribution in [-0.4, -0.2) is 328 Å². The second kappa shape index (κ2) is 38.1. The summed E-state index contributed by atoms with van der Waals surface area (Å²) in [6, 6.07) is -6.66. The van der Waals surface area contributed by atoms with Crippen molar-refractivity contribution in [2.75, 3.05) is 52.7 Å². The molecule has 0 aromatic heterocycles. The number of hydrogen-bond acceptors (Lipinski definition) is 35. The van der Waals surface area contributed by atoms with Crippen molar-refractivity contribution in [2.45, 2.75) is 181 Å². The number of hydrogen-bond donors (Lipinski definition) is 19. The van der Waals surface area contributed by atoms with E-state index in [0.717, 1.165) is 20.8 Å². The van der Waals surface area contributed by atoms with Gasteiger partial charge >= 0.3 is 79.9 Å². The third-order valence-corrected chi connectivity index (χ3v) is 14.2. The number of carbonyl (C=O) groups is 5. The molecule has 0 bridgehead atoms. The van der Waals surface area contributed by atoms with Crippen LogP contribution in [0.5, 0.6) is 0 Å². The molecule has 4 aliphatic heterocycles. The first-order chi connectivity index (χ1) is 41.1. The molecule has 508 valence electrons. The van der Waals surface area contributed by atoms with Gasteiger partial charge in [0, 0.05) is 13.0 Å². The van der Waals surface area contributed by atoms with E-state index in [0.29, 0.717) is 0 Å². The van der Waals surface area contributed by atoms with E-state index in [4.69, 9.17) is 52.7 Å². The van der Waals surface area contributed by atoms with Crippen LogP contribution in [-0.2, 0) is 91.0 Å². The molecule has 0 aliphatic carbocycles. The first-order valence-electron chi connectivity index (χ1n) is 26.3. The molecule has 20 N–H and O–H groups in total. The Morgan fingerprint density at radius 1 is 0.556 bits per heavy atom. The summed E-state index contributed by atoms with van der Waals surface area (Å²) in [4.78, 5) is 72.2. The second-order valence-electron chi connectivity index (χ2n) is 19.9. The Morgan fingerprint density at radius 2 is 0.978 bits per heavy atom. The van der Waals surface area contributed by atoms with Crippen LogP contribution >= 0.6 is 0 Å². The standard InChI is InChI=1S/C44H75N7O35S2.2Na/c1-14(37(45)67)48-40(70)18(9-24(58)47-5-7-78-42-30(64)28(62)34(22(13-55)82-42)84-44-32(66)36(86-88(74,75)76)26(60)20(11-53)80-44)51-38(68)15(2)49-39(69)17(50-16(3)56)8-23(57)46-4-6-77-41-29(63)27(61)33(21(12-54)81-41)83-43-31(65)35(85-87(71,72)73)25(59)19(10-52)79-43;;/h14-15,17-22,25-36,41-44,52-55,59-66H,4-13H2,1-3H3,(H2,45,67)(H,46,57)(H,47,58)(H,48,70)(H,49,69)(H,50,56)(H,51,68)(H,71,72,73)(H,74,75,76);;/q;2*+1/p-2/t14-,15-,17-,18-,19+,20+,21+,22+,25-,26-,27+,28+,29+,30+,31+,32+,33+,34+,35-,36-,41+,42+,43-,44-;;/m0../s1. The van der Waals surface area contributed by atoms with Crippen molar-refractivity contribution in [1.82, 2.24) is 21.3 Å². The van der Waals surface area contributed by atoms with E-state index >= 15 is 0 Å². The Labute approximate surface area is 555 Å². The van der Waals surface area contributed by atoms with Gasteiger partial charge in [-0.25, -0.2) is 8.37 Å². The predicted molar refractivity (Wildman–Crippen MR) is 273 cm³/mol. The zero-order chi connectivity index (χ0) is 66.3. The summed E-state index contributed by atoms with van der Waals surface area (Å²) in [5.41, 5.74) is 5.25. The fourth-order valence-corrected chi connectivity index (χ4v) is 9.76. The Kier molecular flexibility index (Phi) is 35.3. The summed E-state index contributed by atoms with van der Waals surface area (Å²) in [7, 11) is -10.6. The van der Waals surface area contributed by atoms with Crippen LogP contribution in [0.3, 0.4) is 0 Å². The quantitative estimate of drug-likeness (QED) is 0.00978. The zero-order valence-electron chi connectivity index (χ0n) is 48.5. The summed E-state index contributed by atoms with van der Waals surface area (Å²) in [5, 5.41) is 158. The van der Waals surface area contributed by atoms with Gasteiger partial charge in [0.05, 0.1) is 52.6 Å². The average molecular weight is 1370 g/mol. The number of aliphatic hydroxyl groups excluding tert-OH is 12. The molecule has 0 saturated carbocycles. The Hall–Kier alpha value is -2.77. The minimum absolute atomic E-state index is 0. The summed E-state index contributed by atoms with van der Waals surface area (Å²) in [5.74, 6) is -7.60. The van der Waals surface area contributed by atoms with Gasteiger partial charge in [0.25, 0.3) is 0 Å². The van der Waals surface area contributed by atoms with Gasteiger partial charge < -0.3 is 141 Å². The van der Waals surface area contributed by atoms with Gasteiger partial charge in [-0.3, -0.25) is 38.1 Å². The van der Waals surface area contributed by atoms with Gasteiger partial charge in [0.1, 0.15) is 122 Å². The predicted octanol–water partition coefficient (Wildman–Crippen LogP) is -21.3. The van der Waals surface area contributed by atoms with Crippen molar-refractivity contribution in [3.63, 3.8) is 0 Å². The maximum absolute atomic E-state index is 13.4. The molecule has 24 atom stereocenters. The molecular formula is C44H73N7Na2O35S2. The number of primary amides is 1. The molecule has 4 heterocycles. The summed E-state index contributed by atoms with van der Waals surface area (Å²) >= 11 is 0. The second-order valence-corrected chi connectivity index (χ2v) is 22.0.